The molecule has 3 aromatic carbocycles. The van der Waals surface area contributed by atoms with Gasteiger partial charge in [-0.05, 0) is 80.7 Å². The fraction of sp³-hybridized carbons (Fsp3) is 0.0476. The summed E-state index contributed by atoms with van der Waals surface area (Å²) in [7, 11) is 0. The predicted molar refractivity (Wildman–Crippen MR) is 122 cm³/mol. The van der Waals surface area contributed by atoms with Gasteiger partial charge in [-0.25, -0.2) is 4.98 Å². The molecule has 0 bridgehead atoms. The highest BCUT2D eigenvalue weighted by Crippen LogP contribution is 2.41. The zero-order chi connectivity index (χ0) is 20.7. The molecule has 0 amide bonds. The molecule has 8 heteroatoms. The van der Waals surface area contributed by atoms with Gasteiger partial charge in [0.25, 0.3) is 0 Å². The van der Waals surface area contributed by atoms with Crippen LogP contribution in [0.5, 0.6) is 11.5 Å². The highest BCUT2D eigenvalue weighted by molar-refractivity contribution is 9.11. The van der Waals surface area contributed by atoms with Gasteiger partial charge in [0.15, 0.2) is 5.58 Å². The molecule has 5 nitrogen and oxygen atoms in total. The van der Waals surface area contributed by atoms with Crippen LogP contribution in [0.15, 0.2) is 60.8 Å². The second-order valence-corrected chi connectivity index (χ2v) is 8.43. The second-order valence-electron chi connectivity index (χ2n) is 6.37. The molecule has 0 unspecified atom stereocenters. The molecule has 29 heavy (non-hydrogen) atoms. The third-order valence-corrected chi connectivity index (χ3v) is 5.96. The van der Waals surface area contributed by atoms with Crippen molar-refractivity contribution in [2.75, 3.05) is 0 Å². The van der Waals surface area contributed by atoms with Crippen molar-refractivity contribution in [1.82, 2.24) is 4.98 Å². The van der Waals surface area contributed by atoms with Gasteiger partial charge in [0, 0.05) is 11.8 Å². The van der Waals surface area contributed by atoms with Crippen LogP contribution < -0.4 is 0 Å². The van der Waals surface area contributed by atoms with Gasteiger partial charge in [0.2, 0.25) is 5.89 Å². The van der Waals surface area contributed by atoms with Gasteiger partial charge in [-0.3, -0.25) is 4.99 Å². The number of nitrogens with zero attached hydrogens (tertiary/aromatic N) is 2. The van der Waals surface area contributed by atoms with E-state index in [1.807, 2.05) is 25.1 Å². The van der Waals surface area contributed by atoms with Crippen molar-refractivity contribution in [3.05, 3.63) is 67.6 Å². The van der Waals surface area contributed by atoms with Crippen LogP contribution in [0.1, 0.15) is 11.1 Å². The van der Waals surface area contributed by atoms with Crippen molar-refractivity contribution < 1.29 is 14.6 Å². The Morgan fingerprint density at radius 3 is 2.66 bits per heavy atom. The number of halogens is 3. The quantitative estimate of drug-likeness (QED) is 0.273. The molecule has 0 aliphatic heterocycles. The van der Waals surface area contributed by atoms with Crippen LogP contribution in [0.25, 0.3) is 22.6 Å². The first-order valence-corrected chi connectivity index (χ1v) is 10.4. The maximum atomic E-state index is 10.2. The maximum Gasteiger partial charge on any atom is 0.228 e. The number of aromatic hydroxyl groups is 2. The number of benzene rings is 3. The first kappa shape index (κ1) is 19.9. The van der Waals surface area contributed by atoms with Gasteiger partial charge in [0.05, 0.1) is 20.7 Å². The van der Waals surface area contributed by atoms with Crippen LogP contribution in [-0.4, -0.2) is 21.4 Å². The van der Waals surface area contributed by atoms with Gasteiger partial charge in [-0.1, -0.05) is 17.7 Å². The Kier molecular flexibility index (Phi) is 5.38. The lowest BCUT2D eigenvalue weighted by atomic mass is 10.2. The molecule has 0 saturated heterocycles. The molecule has 1 heterocycles. The van der Waals surface area contributed by atoms with E-state index >= 15 is 0 Å². The number of aliphatic imine (C=N–C) groups is 1. The molecule has 0 spiro atoms. The molecule has 1 aromatic heterocycles. The summed E-state index contributed by atoms with van der Waals surface area (Å²) in [5.41, 5.74) is 4.16. The summed E-state index contributed by atoms with van der Waals surface area (Å²) in [6.45, 7) is 1.99. The summed E-state index contributed by atoms with van der Waals surface area (Å²) in [5, 5.41) is 20.5. The molecule has 0 atom stereocenters. The van der Waals surface area contributed by atoms with Crippen molar-refractivity contribution in [1.29, 1.82) is 0 Å². The normalized spacial score (nSPS) is 11.6. The van der Waals surface area contributed by atoms with Crippen molar-refractivity contribution >= 4 is 66.5 Å². The molecular formula is C21H13Br2ClN2O3. The Morgan fingerprint density at radius 2 is 1.86 bits per heavy atom. The molecule has 0 aliphatic carbocycles. The summed E-state index contributed by atoms with van der Waals surface area (Å²) in [5.74, 6) is 0.211. The van der Waals surface area contributed by atoms with E-state index in [1.54, 1.807) is 24.3 Å². The average molecular weight is 537 g/mol. The summed E-state index contributed by atoms with van der Waals surface area (Å²) in [6, 6.07) is 12.6. The van der Waals surface area contributed by atoms with E-state index < -0.39 is 0 Å². The Labute approximate surface area is 187 Å². The van der Waals surface area contributed by atoms with E-state index in [0.29, 0.717) is 37.8 Å². The van der Waals surface area contributed by atoms with Gasteiger partial charge in [-0.2, -0.15) is 0 Å². The molecule has 146 valence electrons. The first-order chi connectivity index (χ1) is 13.8. The fourth-order valence-corrected chi connectivity index (χ4v) is 4.12. The van der Waals surface area contributed by atoms with Crippen molar-refractivity contribution in [2.24, 2.45) is 4.99 Å². The fourth-order valence-electron chi connectivity index (χ4n) is 2.76. The number of hydrogen-bond acceptors (Lipinski definition) is 5. The molecular weight excluding hydrogens is 524 g/mol. The summed E-state index contributed by atoms with van der Waals surface area (Å²) in [6.07, 6.45) is 1.49. The van der Waals surface area contributed by atoms with Crippen LogP contribution in [0.2, 0.25) is 5.02 Å². The van der Waals surface area contributed by atoms with Crippen molar-refractivity contribution in [2.45, 2.75) is 6.92 Å². The predicted octanol–water partition coefficient (Wildman–Crippen LogP) is 7.14. The summed E-state index contributed by atoms with van der Waals surface area (Å²) < 4.78 is 6.49. The smallest absolute Gasteiger partial charge is 0.228 e. The third kappa shape index (κ3) is 3.90. The molecule has 4 aromatic rings. The van der Waals surface area contributed by atoms with Crippen LogP contribution in [0.4, 0.5) is 5.69 Å². The third-order valence-electron chi connectivity index (χ3n) is 4.27. The maximum absolute atomic E-state index is 10.2. The summed E-state index contributed by atoms with van der Waals surface area (Å²) in [4.78, 5) is 8.92. The van der Waals surface area contributed by atoms with E-state index in [2.05, 4.69) is 41.8 Å². The number of hydrogen-bond donors (Lipinski definition) is 2. The lowest BCUT2D eigenvalue weighted by Crippen LogP contribution is -1.86. The Bertz CT molecular complexity index is 1280. The standard InChI is InChI=1S/C21H13Br2ClN2O3/c1-10-2-5-16-17(6-10)29-21(26-16)13-8-12(3-4-15(13)24)25-9-11-7-14(22)20(28)18(23)19(11)27/h2-9,27-28H,1H3. The molecule has 2 N–H and O–H groups in total. The van der Waals surface area contributed by atoms with Crippen LogP contribution >= 0.6 is 43.5 Å². The number of rotatable bonds is 3. The minimum absolute atomic E-state index is 0.0837. The van der Waals surface area contributed by atoms with E-state index in [9.17, 15) is 10.2 Å². The second kappa shape index (κ2) is 7.82. The number of aryl methyl sites for hydroxylation is 1. The van der Waals surface area contributed by atoms with Crippen LogP contribution in [0, 0.1) is 6.92 Å². The molecule has 4 rings (SSSR count). The van der Waals surface area contributed by atoms with Crippen molar-refractivity contribution in [3.8, 4) is 23.0 Å². The van der Waals surface area contributed by atoms with Gasteiger partial charge >= 0.3 is 0 Å². The minimum Gasteiger partial charge on any atom is -0.506 e. The zero-order valence-electron chi connectivity index (χ0n) is 14.9. The summed E-state index contributed by atoms with van der Waals surface area (Å²) >= 11 is 12.7. The highest BCUT2D eigenvalue weighted by Gasteiger charge is 2.14. The Hall–Kier alpha value is -2.35. The number of phenols is 2. The Morgan fingerprint density at radius 1 is 1.07 bits per heavy atom. The molecule has 0 fully saturated rings. The SMILES string of the molecule is Cc1ccc2nc(-c3cc(N=Cc4cc(Br)c(O)c(Br)c4O)ccc3Cl)oc2c1. The molecule has 0 radical (unpaired) electrons. The van der Waals surface area contributed by atoms with Gasteiger partial charge in [0.1, 0.15) is 21.5 Å². The lowest BCUT2D eigenvalue weighted by Gasteiger charge is -2.06. The van der Waals surface area contributed by atoms with E-state index in [-0.39, 0.29) is 16.0 Å². The van der Waals surface area contributed by atoms with Crippen molar-refractivity contribution in [3.63, 3.8) is 0 Å². The molecule has 0 aliphatic rings. The average Bonchev–Trinajstić information content (AvgIpc) is 3.12. The number of fused-ring (bicyclic) bond motifs is 1. The number of phenolic OH excluding ortho intramolecular Hbond substituents is 2. The van der Waals surface area contributed by atoms with Gasteiger partial charge in [-0.15, -0.1) is 0 Å². The highest BCUT2D eigenvalue weighted by atomic mass is 79.9. The van der Waals surface area contributed by atoms with Crippen LogP contribution in [0.3, 0.4) is 0 Å². The molecule has 0 saturated carbocycles. The Balaban J connectivity index is 1.73. The monoisotopic (exact) mass is 534 g/mol. The van der Waals surface area contributed by atoms with E-state index in [4.69, 9.17) is 16.0 Å². The lowest BCUT2D eigenvalue weighted by molar-refractivity contribution is 0.442. The van der Waals surface area contributed by atoms with E-state index in [1.165, 1.54) is 6.21 Å². The van der Waals surface area contributed by atoms with Gasteiger partial charge < -0.3 is 14.6 Å². The topological polar surface area (TPSA) is 78.9 Å². The number of aromatic nitrogens is 1. The largest absolute Gasteiger partial charge is 0.506 e. The van der Waals surface area contributed by atoms with Crippen LogP contribution in [-0.2, 0) is 0 Å². The minimum atomic E-state index is -0.113. The van der Waals surface area contributed by atoms with E-state index in [0.717, 1.165) is 11.1 Å². The zero-order valence-corrected chi connectivity index (χ0v) is 18.9. The first-order valence-electron chi connectivity index (χ1n) is 8.44. The number of oxazole rings is 1.